The quantitative estimate of drug-likeness (QED) is 0.559. The lowest BCUT2D eigenvalue weighted by atomic mass is 10.3. The lowest BCUT2D eigenvalue weighted by Crippen LogP contribution is -2.31. The zero-order chi connectivity index (χ0) is 13.4. The van der Waals surface area contributed by atoms with Crippen molar-refractivity contribution in [2.24, 2.45) is 0 Å². The third-order valence-electron chi connectivity index (χ3n) is 3.01. The summed E-state index contributed by atoms with van der Waals surface area (Å²) >= 11 is 1.41. The van der Waals surface area contributed by atoms with Crippen LogP contribution in [0.4, 0.5) is 0 Å². The monoisotopic (exact) mass is 352 g/mol. The Morgan fingerprint density at radius 3 is 2.55 bits per heavy atom. The van der Waals surface area contributed by atoms with Gasteiger partial charge in [0.2, 0.25) is 5.62 Å². The number of carbonyl (C=O) groups is 1. The van der Waals surface area contributed by atoms with Gasteiger partial charge >= 0.3 is 0 Å². The molecule has 0 unspecified atom stereocenters. The summed E-state index contributed by atoms with van der Waals surface area (Å²) in [6, 6.07) is 11.1. The van der Waals surface area contributed by atoms with Gasteiger partial charge in [-0.2, -0.15) is 0 Å². The van der Waals surface area contributed by atoms with Crippen LogP contribution in [0, 0.1) is 5.41 Å². The van der Waals surface area contributed by atoms with Gasteiger partial charge in [-0.25, -0.2) is 4.68 Å². The molecule has 0 bridgehead atoms. The number of Topliss-reactive ketones (excluding diaryl/α,β-unsaturated/α-hetero) is 1. The van der Waals surface area contributed by atoms with E-state index in [9.17, 15) is 4.79 Å². The topological polar surface area (TPSA) is 76.8 Å². The van der Waals surface area contributed by atoms with E-state index in [0.29, 0.717) is 4.88 Å². The normalized spacial score (nSPS) is 10.4. The van der Waals surface area contributed by atoms with Crippen LogP contribution in [-0.2, 0) is 6.54 Å². The summed E-state index contributed by atoms with van der Waals surface area (Å²) in [4.78, 5) is 12.8. The number of hydrogen-bond acceptors (Lipinski definition) is 4. The fourth-order valence-electron chi connectivity index (χ4n) is 2.07. The van der Waals surface area contributed by atoms with E-state index < -0.39 is 0 Å². The molecule has 3 aromatic rings. The summed E-state index contributed by atoms with van der Waals surface area (Å²) < 4.78 is 2.91. The first kappa shape index (κ1) is 14.5. The van der Waals surface area contributed by atoms with Crippen LogP contribution in [0.5, 0.6) is 0 Å². The average molecular weight is 353 g/mol. The molecule has 3 rings (SSSR count). The second kappa shape index (κ2) is 5.64. The van der Waals surface area contributed by atoms with Crippen LogP contribution in [0.15, 0.2) is 41.8 Å². The minimum atomic E-state index is -0.00940. The van der Waals surface area contributed by atoms with E-state index in [1.807, 2.05) is 35.7 Å². The molecule has 5 nitrogen and oxygen atoms in total. The lowest BCUT2D eigenvalue weighted by Gasteiger charge is -2.01. The molecule has 3 N–H and O–H groups in total. The van der Waals surface area contributed by atoms with Gasteiger partial charge in [0.1, 0.15) is 0 Å². The molecule has 0 saturated carbocycles. The van der Waals surface area contributed by atoms with Crippen LogP contribution in [-0.4, -0.2) is 15.0 Å². The molecule has 0 spiro atoms. The molecule has 104 valence electrons. The fourth-order valence-corrected chi connectivity index (χ4v) is 2.73. The Morgan fingerprint density at radius 1 is 1.20 bits per heavy atom. The van der Waals surface area contributed by atoms with Crippen molar-refractivity contribution in [2.75, 3.05) is 5.84 Å². The molecular weight excluding hydrogens is 340 g/mol. The molecule has 2 heterocycles. The Balaban J connectivity index is 0.00000147. The number of rotatable bonds is 3. The molecule has 0 fully saturated rings. The van der Waals surface area contributed by atoms with Gasteiger partial charge in [0.15, 0.2) is 5.78 Å². The molecule has 0 aliphatic carbocycles. The van der Waals surface area contributed by atoms with Crippen LogP contribution >= 0.6 is 28.3 Å². The smallest absolute Gasteiger partial charge is 0.222 e. The number of fused-ring (bicyclic) bond motifs is 1. The summed E-state index contributed by atoms with van der Waals surface area (Å²) in [6.45, 7) is 0.129. The maximum Gasteiger partial charge on any atom is 0.222 e. The van der Waals surface area contributed by atoms with Gasteiger partial charge in [-0.3, -0.25) is 10.2 Å². The molecule has 0 aliphatic rings. The number of halogens is 1. The zero-order valence-electron chi connectivity index (χ0n) is 10.4. The highest BCUT2D eigenvalue weighted by molar-refractivity contribution is 8.93. The maximum absolute atomic E-state index is 12.1. The van der Waals surface area contributed by atoms with Gasteiger partial charge in [0, 0.05) is 0 Å². The number of para-hydroxylation sites is 2. The van der Waals surface area contributed by atoms with Crippen molar-refractivity contribution in [3.05, 3.63) is 52.3 Å². The molecule has 20 heavy (non-hydrogen) atoms. The van der Waals surface area contributed by atoms with Crippen molar-refractivity contribution in [3.8, 4) is 0 Å². The molecule has 0 amide bonds. The third-order valence-corrected chi connectivity index (χ3v) is 3.92. The van der Waals surface area contributed by atoms with E-state index in [4.69, 9.17) is 11.3 Å². The Kier molecular flexibility index (Phi) is 4.10. The van der Waals surface area contributed by atoms with Crippen molar-refractivity contribution in [1.29, 1.82) is 5.41 Å². The largest absolute Gasteiger partial charge is 0.336 e. The number of nitrogen functional groups attached to an aromatic ring is 1. The first-order chi connectivity index (χ1) is 9.18. The van der Waals surface area contributed by atoms with Crippen molar-refractivity contribution in [2.45, 2.75) is 6.54 Å². The summed E-state index contributed by atoms with van der Waals surface area (Å²) in [5.74, 6) is 5.82. The molecule has 0 saturated heterocycles. The van der Waals surface area contributed by atoms with E-state index in [2.05, 4.69) is 0 Å². The summed E-state index contributed by atoms with van der Waals surface area (Å²) in [5.41, 5.74) is 1.65. The number of aromatic nitrogens is 2. The van der Waals surface area contributed by atoms with Gasteiger partial charge in [0.05, 0.1) is 22.5 Å². The summed E-state index contributed by atoms with van der Waals surface area (Å²) in [5, 5.41) is 9.86. The highest BCUT2D eigenvalue weighted by Gasteiger charge is 2.13. The molecule has 2 aromatic heterocycles. The Hall–Kier alpha value is -1.86. The summed E-state index contributed by atoms with van der Waals surface area (Å²) in [7, 11) is 0. The maximum atomic E-state index is 12.1. The van der Waals surface area contributed by atoms with Crippen LogP contribution in [0.1, 0.15) is 9.67 Å². The van der Waals surface area contributed by atoms with Gasteiger partial charge in [-0.15, -0.1) is 28.3 Å². The standard InChI is InChI=1S/C13H12N4OS.BrH/c14-13-16(8-11(18)12-6-3-7-19-12)9-4-1-2-5-10(9)17(13)15;/h1-7,14H,8,15H2;1H. The lowest BCUT2D eigenvalue weighted by molar-refractivity contribution is 0.0975. The van der Waals surface area contributed by atoms with Crippen molar-refractivity contribution in [3.63, 3.8) is 0 Å². The van der Waals surface area contributed by atoms with Crippen LogP contribution in [0.2, 0.25) is 0 Å². The first-order valence-electron chi connectivity index (χ1n) is 5.75. The Labute approximate surface area is 129 Å². The number of hydrogen-bond donors (Lipinski definition) is 2. The highest BCUT2D eigenvalue weighted by Crippen LogP contribution is 2.14. The highest BCUT2D eigenvalue weighted by atomic mass is 79.9. The first-order valence-corrected chi connectivity index (χ1v) is 6.63. The number of carbonyl (C=O) groups excluding carboxylic acids is 1. The molecule has 0 aliphatic heterocycles. The second-order valence-electron chi connectivity index (χ2n) is 4.17. The van der Waals surface area contributed by atoms with Gasteiger partial charge in [0.25, 0.3) is 0 Å². The molecule has 0 atom stereocenters. The van der Waals surface area contributed by atoms with Gasteiger partial charge < -0.3 is 10.4 Å². The second-order valence-corrected chi connectivity index (χ2v) is 5.12. The number of nitrogens with two attached hydrogens (primary N) is 1. The van der Waals surface area contributed by atoms with Gasteiger partial charge in [-0.1, -0.05) is 18.2 Å². The number of imidazole rings is 1. The Morgan fingerprint density at radius 2 is 1.90 bits per heavy atom. The number of benzene rings is 1. The molecule has 0 radical (unpaired) electrons. The molecule has 1 aromatic carbocycles. The van der Waals surface area contributed by atoms with Crippen LogP contribution in [0.25, 0.3) is 11.0 Å². The Bertz CT molecular complexity index is 804. The number of ketones is 1. The van der Waals surface area contributed by atoms with E-state index in [-0.39, 0.29) is 34.9 Å². The van der Waals surface area contributed by atoms with Gasteiger partial charge in [-0.05, 0) is 23.6 Å². The summed E-state index contributed by atoms with van der Waals surface area (Å²) in [6.07, 6.45) is 0. The predicted molar refractivity (Wildman–Crippen MR) is 84.9 cm³/mol. The van der Waals surface area contributed by atoms with E-state index in [1.54, 1.807) is 10.6 Å². The SMILES string of the molecule is Br.N=c1n(N)c2ccccc2n1CC(=O)c1cccs1. The van der Waals surface area contributed by atoms with Crippen LogP contribution in [0.3, 0.4) is 0 Å². The fraction of sp³-hybridized carbons (Fsp3) is 0.0769. The third kappa shape index (κ3) is 2.30. The minimum absolute atomic E-state index is 0. The van der Waals surface area contributed by atoms with E-state index in [0.717, 1.165) is 11.0 Å². The average Bonchev–Trinajstić information content (AvgIpc) is 3.03. The predicted octanol–water partition coefficient (Wildman–Crippen LogP) is 2.16. The van der Waals surface area contributed by atoms with Crippen molar-refractivity contribution < 1.29 is 4.79 Å². The molecule has 7 heteroatoms. The van der Waals surface area contributed by atoms with Crippen molar-refractivity contribution in [1.82, 2.24) is 9.24 Å². The number of nitrogens with zero attached hydrogens (tertiary/aromatic N) is 2. The zero-order valence-corrected chi connectivity index (χ0v) is 13.0. The number of nitrogens with one attached hydrogen (secondary N) is 1. The minimum Gasteiger partial charge on any atom is -0.336 e. The van der Waals surface area contributed by atoms with Crippen LogP contribution < -0.4 is 11.5 Å². The number of thiophene rings is 1. The van der Waals surface area contributed by atoms with E-state index >= 15 is 0 Å². The molecular formula is C13H13BrN4OS. The van der Waals surface area contributed by atoms with E-state index in [1.165, 1.54) is 16.0 Å². The van der Waals surface area contributed by atoms with Crippen molar-refractivity contribution >= 4 is 45.1 Å².